The van der Waals surface area contributed by atoms with E-state index in [0.29, 0.717) is 59.2 Å². The molecule has 1 aliphatic rings. The van der Waals surface area contributed by atoms with E-state index in [9.17, 15) is 14.4 Å². The number of ether oxygens (including phenoxy) is 4. The molecule has 0 N–H and O–H groups in total. The number of esters is 2. The summed E-state index contributed by atoms with van der Waals surface area (Å²) < 4.78 is 29.6. The summed E-state index contributed by atoms with van der Waals surface area (Å²) in [5, 5.41) is 0. The molecule has 10 nitrogen and oxygen atoms in total. The molecule has 0 radical (unpaired) electrons. The van der Waals surface area contributed by atoms with E-state index in [-0.39, 0.29) is 17.7 Å². The van der Waals surface area contributed by atoms with E-state index in [1.54, 1.807) is 62.4 Å². The number of hydrogen-bond donors (Lipinski definition) is 0. The molecule has 2 aromatic carbocycles. The number of nitrogens with zero attached hydrogens (tertiary/aromatic N) is 2. The Balaban J connectivity index is 1.65. The Morgan fingerprint density at radius 1 is 1.07 bits per heavy atom. The van der Waals surface area contributed by atoms with Crippen LogP contribution in [0.4, 0.5) is 0 Å². The summed E-state index contributed by atoms with van der Waals surface area (Å²) in [4.78, 5) is 44.2. The number of halogens is 1. The van der Waals surface area contributed by atoms with Crippen molar-refractivity contribution < 1.29 is 33.0 Å². The molecular weight excluding hydrogens is 640 g/mol. The Morgan fingerprint density at radius 2 is 1.81 bits per heavy atom. The van der Waals surface area contributed by atoms with Crippen molar-refractivity contribution in [3.05, 3.63) is 101 Å². The fourth-order valence-electron chi connectivity index (χ4n) is 4.80. The summed E-state index contributed by atoms with van der Waals surface area (Å²) in [6.45, 7) is 3.59. The van der Waals surface area contributed by atoms with Gasteiger partial charge in [0.2, 0.25) is 0 Å². The molecule has 0 bridgehead atoms. The van der Waals surface area contributed by atoms with Gasteiger partial charge in [-0.25, -0.2) is 14.6 Å². The van der Waals surface area contributed by atoms with Crippen LogP contribution in [0.3, 0.4) is 0 Å². The second-order valence-electron chi connectivity index (χ2n) is 9.31. The number of methoxy groups -OCH3 is 3. The number of aromatic nitrogens is 1. The van der Waals surface area contributed by atoms with Gasteiger partial charge in [-0.15, -0.1) is 0 Å². The normalized spacial score (nSPS) is 14.7. The fourth-order valence-corrected chi connectivity index (χ4v) is 6.36. The van der Waals surface area contributed by atoms with Gasteiger partial charge in [-0.2, -0.15) is 0 Å². The molecule has 0 aliphatic carbocycles. The molecule has 1 atom stereocenters. The maximum Gasteiger partial charge on any atom is 0.338 e. The van der Waals surface area contributed by atoms with Gasteiger partial charge in [0.25, 0.3) is 5.56 Å². The van der Waals surface area contributed by atoms with Gasteiger partial charge in [0.05, 0.1) is 55.3 Å². The summed E-state index contributed by atoms with van der Waals surface area (Å²) in [5.41, 5.74) is 1.96. The van der Waals surface area contributed by atoms with Gasteiger partial charge in [0.1, 0.15) is 11.5 Å². The number of carbonyl (C=O) groups excluding carboxylic acids is 2. The first-order chi connectivity index (χ1) is 20.7. The van der Waals surface area contributed by atoms with Gasteiger partial charge in [-0.1, -0.05) is 39.4 Å². The van der Waals surface area contributed by atoms with E-state index in [1.165, 1.54) is 37.2 Å². The van der Waals surface area contributed by atoms with Crippen molar-refractivity contribution in [2.24, 2.45) is 4.99 Å². The van der Waals surface area contributed by atoms with E-state index < -0.39 is 18.0 Å². The Kier molecular flexibility index (Phi) is 8.69. The average Bonchev–Trinajstić information content (AvgIpc) is 3.60. The Morgan fingerprint density at radius 3 is 2.51 bits per heavy atom. The van der Waals surface area contributed by atoms with Crippen molar-refractivity contribution in [1.29, 1.82) is 0 Å². The van der Waals surface area contributed by atoms with Gasteiger partial charge in [-0.3, -0.25) is 9.36 Å². The Hall–Kier alpha value is -4.42. The summed E-state index contributed by atoms with van der Waals surface area (Å²) in [6, 6.07) is 12.9. The van der Waals surface area contributed by atoms with E-state index in [0.717, 1.165) is 0 Å². The van der Waals surface area contributed by atoms with Crippen LogP contribution in [-0.4, -0.2) is 44.4 Å². The number of benzene rings is 2. The molecular formula is C31H27BrN2O8S. The topological polar surface area (TPSA) is 119 Å². The largest absolute Gasteiger partial charge is 0.493 e. The minimum Gasteiger partial charge on any atom is -0.493 e. The van der Waals surface area contributed by atoms with Crippen molar-refractivity contribution in [3.8, 4) is 22.8 Å². The number of allylic oxidation sites excluding steroid dienone is 1. The second kappa shape index (κ2) is 12.4. The molecule has 4 aromatic rings. The van der Waals surface area contributed by atoms with E-state index in [2.05, 4.69) is 20.9 Å². The first-order valence-corrected chi connectivity index (χ1v) is 14.7. The lowest BCUT2D eigenvalue weighted by atomic mass is 9.95. The third-order valence-corrected chi connectivity index (χ3v) is 8.45. The van der Waals surface area contributed by atoms with Crippen LogP contribution in [-0.2, 0) is 14.3 Å². The van der Waals surface area contributed by atoms with Crippen LogP contribution in [0.15, 0.2) is 78.5 Å². The molecule has 0 fully saturated rings. The number of carbonyl (C=O) groups is 2. The predicted octanol–water partition coefficient (Wildman–Crippen LogP) is 4.62. The minimum atomic E-state index is -0.861. The van der Waals surface area contributed by atoms with Gasteiger partial charge in [0.15, 0.2) is 16.3 Å². The number of fused-ring (bicyclic) bond motifs is 1. The predicted molar refractivity (Wildman–Crippen MR) is 163 cm³/mol. The maximum absolute atomic E-state index is 14.0. The number of thiazole rings is 1. The highest BCUT2D eigenvalue weighted by molar-refractivity contribution is 9.10. The van der Waals surface area contributed by atoms with Crippen LogP contribution in [0.2, 0.25) is 0 Å². The monoisotopic (exact) mass is 666 g/mol. The first-order valence-electron chi connectivity index (χ1n) is 13.1. The van der Waals surface area contributed by atoms with Crippen LogP contribution in [0, 0.1) is 0 Å². The van der Waals surface area contributed by atoms with Gasteiger partial charge in [0, 0.05) is 16.1 Å². The highest BCUT2D eigenvalue weighted by Crippen LogP contribution is 2.40. The lowest BCUT2D eigenvalue weighted by molar-refractivity contribution is -0.139. The molecule has 222 valence electrons. The molecule has 43 heavy (non-hydrogen) atoms. The third-order valence-electron chi connectivity index (χ3n) is 6.78. The van der Waals surface area contributed by atoms with E-state index in [1.807, 2.05) is 6.07 Å². The molecule has 12 heteroatoms. The van der Waals surface area contributed by atoms with Crippen LogP contribution in [0.1, 0.15) is 41.6 Å². The zero-order valence-corrected chi connectivity index (χ0v) is 26.3. The zero-order valence-electron chi connectivity index (χ0n) is 23.9. The first kappa shape index (κ1) is 30.1. The minimum absolute atomic E-state index is 0.156. The smallest absolute Gasteiger partial charge is 0.338 e. The van der Waals surface area contributed by atoms with Crippen molar-refractivity contribution in [2.75, 3.05) is 27.9 Å². The number of rotatable bonds is 8. The molecule has 0 unspecified atom stereocenters. The van der Waals surface area contributed by atoms with Gasteiger partial charge in [-0.05, 0) is 55.8 Å². The molecule has 5 rings (SSSR count). The lowest BCUT2D eigenvalue weighted by Crippen LogP contribution is -2.40. The van der Waals surface area contributed by atoms with Crippen LogP contribution < -0.4 is 24.4 Å². The highest BCUT2D eigenvalue weighted by atomic mass is 79.9. The van der Waals surface area contributed by atoms with Crippen molar-refractivity contribution in [2.45, 2.75) is 19.9 Å². The number of hydrogen-bond acceptors (Lipinski definition) is 10. The zero-order chi connectivity index (χ0) is 30.8. The molecule has 0 saturated heterocycles. The number of furan rings is 1. The molecule has 2 aromatic heterocycles. The van der Waals surface area contributed by atoms with E-state index in [4.69, 9.17) is 23.4 Å². The van der Waals surface area contributed by atoms with Crippen molar-refractivity contribution >= 4 is 45.3 Å². The summed E-state index contributed by atoms with van der Waals surface area (Å²) in [6.07, 6.45) is 1.63. The van der Waals surface area contributed by atoms with Crippen molar-refractivity contribution in [3.63, 3.8) is 0 Å². The van der Waals surface area contributed by atoms with Crippen LogP contribution >= 0.6 is 27.3 Å². The maximum atomic E-state index is 14.0. The summed E-state index contributed by atoms with van der Waals surface area (Å²) in [7, 11) is 4.36. The van der Waals surface area contributed by atoms with Crippen molar-refractivity contribution in [1.82, 2.24) is 4.57 Å². The average molecular weight is 668 g/mol. The standard InChI is InChI=1S/C31H27BrN2O8S/c1-6-41-30(37)26-16(2)33-31-34(27(26)20-14-23(38-3)24(39-4)15-21(20)32)28(35)25(43-31)13-19-10-11-22(42-19)17-8-7-9-18(12-17)29(36)40-5/h7-15,27H,6H2,1-5H3/b25-13-/t27-/m0/s1. The van der Waals surface area contributed by atoms with Gasteiger partial charge >= 0.3 is 11.9 Å². The molecule has 1 aliphatic heterocycles. The molecule has 0 saturated carbocycles. The molecule has 0 spiro atoms. The lowest BCUT2D eigenvalue weighted by Gasteiger charge is -2.26. The van der Waals surface area contributed by atoms with Gasteiger partial charge < -0.3 is 23.4 Å². The molecule has 0 amide bonds. The Bertz CT molecular complexity index is 1950. The summed E-state index contributed by atoms with van der Waals surface area (Å²) in [5.74, 6) is 0.818. The Labute approximate surface area is 258 Å². The quantitative estimate of drug-likeness (QED) is 0.250. The van der Waals surface area contributed by atoms with E-state index >= 15 is 0 Å². The molecule has 3 heterocycles. The second-order valence-corrected chi connectivity index (χ2v) is 11.2. The summed E-state index contributed by atoms with van der Waals surface area (Å²) >= 11 is 4.77. The SMILES string of the molecule is CCOC(=O)C1=C(C)N=c2s/c(=C\c3ccc(-c4cccc(C(=O)OC)c4)o3)c(=O)n2[C@H]1c1cc(OC)c(OC)cc1Br. The fraction of sp³-hybridized carbons (Fsp3) is 0.226. The third kappa shape index (κ3) is 5.67. The van der Waals surface area contributed by atoms with Crippen LogP contribution in [0.25, 0.3) is 17.4 Å². The van der Waals surface area contributed by atoms with Crippen LogP contribution in [0.5, 0.6) is 11.5 Å². The highest BCUT2D eigenvalue weighted by Gasteiger charge is 2.35.